The minimum absolute atomic E-state index is 0.0418. The fourth-order valence-corrected chi connectivity index (χ4v) is 5.41. The SMILES string of the molecule is CC1=C(C(=O)O)C(c2ccc(N(C)C)cc2)n2c(sc(=Cc3ccc(-c4cccc(C(=O)O)c4)o3)c2=O)=N1. The Morgan fingerprint density at radius 3 is 2.45 bits per heavy atom. The summed E-state index contributed by atoms with van der Waals surface area (Å²) in [5, 5.41) is 19.3. The number of carboxylic acid groups (broad SMARTS) is 2. The van der Waals surface area contributed by atoms with E-state index in [4.69, 9.17) is 4.42 Å². The van der Waals surface area contributed by atoms with Gasteiger partial charge in [-0.3, -0.25) is 9.36 Å². The number of nitrogens with zero attached hydrogens (tertiary/aromatic N) is 3. The van der Waals surface area contributed by atoms with Gasteiger partial charge in [-0.2, -0.15) is 0 Å². The minimum Gasteiger partial charge on any atom is -0.478 e. The van der Waals surface area contributed by atoms with Crippen LogP contribution in [0.25, 0.3) is 17.4 Å². The van der Waals surface area contributed by atoms with E-state index in [9.17, 15) is 24.6 Å². The lowest BCUT2D eigenvalue weighted by molar-refractivity contribution is -0.133. The smallest absolute Gasteiger partial charge is 0.335 e. The number of aliphatic carboxylic acids is 1. The number of allylic oxidation sites excluding steroid dienone is 1. The van der Waals surface area contributed by atoms with Crippen molar-refractivity contribution < 1.29 is 24.2 Å². The van der Waals surface area contributed by atoms with Crippen LogP contribution in [-0.2, 0) is 4.79 Å². The zero-order valence-corrected chi connectivity index (χ0v) is 21.5. The van der Waals surface area contributed by atoms with Crippen LogP contribution < -0.4 is 19.8 Å². The van der Waals surface area contributed by atoms with Crippen LogP contribution in [0.4, 0.5) is 5.69 Å². The molecule has 192 valence electrons. The molecule has 0 amide bonds. The Labute approximate surface area is 220 Å². The number of hydrogen-bond acceptors (Lipinski definition) is 7. The molecule has 0 bridgehead atoms. The van der Waals surface area contributed by atoms with Crippen LogP contribution in [0.2, 0.25) is 0 Å². The van der Waals surface area contributed by atoms with Gasteiger partial charge in [-0.1, -0.05) is 35.6 Å². The first-order valence-electron chi connectivity index (χ1n) is 11.6. The predicted octanol–water partition coefficient (Wildman–Crippen LogP) is 3.34. The molecule has 0 aliphatic carbocycles. The maximum atomic E-state index is 13.6. The predicted molar refractivity (Wildman–Crippen MR) is 143 cm³/mol. The molecule has 5 rings (SSSR count). The molecule has 4 aromatic rings. The first kappa shape index (κ1) is 25.0. The maximum Gasteiger partial charge on any atom is 0.335 e. The molecule has 0 spiro atoms. The molecule has 1 aliphatic heterocycles. The van der Waals surface area contributed by atoms with Gasteiger partial charge in [0.05, 0.1) is 27.4 Å². The fraction of sp³-hybridized carbons (Fsp3) is 0.143. The molecule has 0 saturated heterocycles. The number of thiazole rings is 1. The highest BCUT2D eigenvalue weighted by Crippen LogP contribution is 2.31. The Hall–Kier alpha value is -4.70. The molecule has 9 nitrogen and oxygen atoms in total. The van der Waals surface area contributed by atoms with Crippen LogP contribution in [0.5, 0.6) is 0 Å². The van der Waals surface area contributed by atoms with Gasteiger partial charge in [0.15, 0.2) is 4.80 Å². The van der Waals surface area contributed by atoms with Crippen molar-refractivity contribution in [3.05, 3.63) is 109 Å². The van der Waals surface area contributed by atoms with Crippen molar-refractivity contribution in [3.63, 3.8) is 0 Å². The van der Waals surface area contributed by atoms with Crippen LogP contribution in [-0.4, -0.2) is 40.8 Å². The normalized spacial score (nSPS) is 15.2. The Bertz CT molecular complexity index is 1790. The maximum absolute atomic E-state index is 13.6. The van der Waals surface area contributed by atoms with E-state index in [1.165, 1.54) is 16.7 Å². The molecule has 1 aliphatic rings. The van der Waals surface area contributed by atoms with E-state index in [2.05, 4.69) is 4.99 Å². The number of carboxylic acids is 2. The number of aromatic carboxylic acids is 1. The summed E-state index contributed by atoms with van der Waals surface area (Å²) in [5.74, 6) is -1.33. The van der Waals surface area contributed by atoms with Gasteiger partial charge in [0, 0.05) is 31.4 Å². The van der Waals surface area contributed by atoms with Gasteiger partial charge in [0.25, 0.3) is 5.56 Å². The first-order chi connectivity index (χ1) is 18.1. The molecule has 0 fully saturated rings. The molecule has 2 aromatic carbocycles. The molecule has 0 saturated carbocycles. The van der Waals surface area contributed by atoms with E-state index in [0.717, 1.165) is 17.0 Å². The Morgan fingerprint density at radius 1 is 1.05 bits per heavy atom. The second-order valence-corrected chi connectivity index (χ2v) is 9.97. The number of furan rings is 1. The third kappa shape index (κ3) is 4.46. The minimum atomic E-state index is -1.14. The standard InChI is InChI=1S/C28H23N3O6S/c1-15-23(27(35)36)24(16-7-9-19(10-8-16)30(2)3)31-25(32)22(38-28(31)29-15)14-20-11-12-21(37-20)17-5-4-6-18(13-17)26(33)34/h4-14,24H,1-3H3,(H,33,34)(H,35,36). The summed E-state index contributed by atoms with van der Waals surface area (Å²) >= 11 is 1.15. The van der Waals surface area contributed by atoms with Gasteiger partial charge in [-0.25, -0.2) is 14.6 Å². The van der Waals surface area contributed by atoms with Crippen LogP contribution in [0.15, 0.2) is 86.1 Å². The monoisotopic (exact) mass is 529 g/mol. The summed E-state index contributed by atoms with van der Waals surface area (Å²) in [6.07, 6.45) is 1.58. The average molecular weight is 530 g/mol. The zero-order valence-electron chi connectivity index (χ0n) is 20.7. The van der Waals surface area contributed by atoms with E-state index in [1.807, 2.05) is 43.3 Å². The van der Waals surface area contributed by atoms with E-state index in [1.54, 1.807) is 37.3 Å². The summed E-state index contributed by atoms with van der Waals surface area (Å²) in [6.45, 7) is 1.63. The number of fused-ring (bicyclic) bond motifs is 1. The fourth-order valence-electron chi connectivity index (χ4n) is 4.39. The van der Waals surface area contributed by atoms with Gasteiger partial charge in [0.2, 0.25) is 0 Å². The number of carbonyl (C=O) groups is 2. The Morgan fingerprint density at radius 2 is 1.79 bits per heavy atom. The van der Waals surface area contributed by atoms with Crippen LogP contribution in [0.3, 0.4) is 0 Å². The summed E-state index contributed by atoms with van der Waals surface area (Å²) in [5.41, 5.74) is 2.33. The topological polar surface area (TPSA) is 125 Å². The molecular weight excluding hydrogens is 506 g/mol. The average Bonchev–Trinajstić information content (AvgIpc) is 3.47. The zero-order chi connectivity index (χ0) is 27.1. The molecular formula is C28H23N3O6S. The third-order valence-electron chi connectivity index (χ3n) is 6.27. The van der Waals surface area contributed by atoms with Gasteiger partial charge in [0.1, 0.15) is 11.5 Å². The van der Waals surface area contributed by atoms with Crippen molar-refractivity contribution in [2.75, 3.05) is 19.0 Å². The van der Waals surface area contributed by atoms with Crippen molar-refractivity contribution in [1.29, 1.82) is 0 Å². The second kappa shape index (κ2) is 9.64. The molecule has 2 N–H and O–H groups in total. The van der Waals surface area contributed by atoms with Crippen LogP contribution in [0, 0.1) is 0 Å². The van der Waals surface area contributed by atoms with Crippen molar-refractivity contribution in [1.82, 2.24) is 4.57 Å². The second-order valence-electron chi connectivity index (χ2n) is 8.96. The highest BCUT2D eigenvalue weighted by Gasteiger charge is 2.32. The molecule has 10 heteroatoms. The molecule has 3 heterocycles. The summed E-state index contributed by atoms with van der Waals surface area (Å²) in [7, 11) is 3.82. The number of hydrogen-bond donors (Lipinski definition) is 2. The first-order valence-corrected chi connectivity index (χ1v) is 12.4. The van der Waals surface area contributed by atoms with E-state index in [-0.39, 0.29) is 16.7 Å². The number of benzene rings is 2. The van der Waals surface area contributed by atoms with Crippen molar-refractivity contribution in [2.24, 2.45) is 4.99 Å². The summed E-state index contributed by atoms with van der Waals surface area (Å²) < 4.78 is 7.64. The van der Waals surface area contributed by atoms with Gasteiger partial charge < -0.3 is 19.5 Å². The van der Waals surface area contributed by atoms with Crippen molar-refractivity contribution in [2.45, 2.75) is 13.0 Å². The van der Waals surface area contributed by atoms with Gasteiger partial charge in [-0.05, 0) is 48.9 Å². The lowest BCUT2D eigenvalue weighted by Gasteiger charge is -2.24. The lowest BCUT2D eigenvalue weighted by atomic mass is 9.96. The number of aromatic nitrogens is 1. The summed E-state index contributed by atoms with van der Waals surface area (Å²) in [4.78, 5) is 43.9. The summed E-state index contributed by atoms with van der Waals surface area (Å²) in [6, 6.07) is 16.3. The third-order valence-corrected chi connectivity index (χ3v) is 7.25. The van der Waals surface area contributed by atoms with E-state index >= 15 is 0 Å². The highest BCUT2D eigenvalue weighted by molar-refractivity contribution is 7.07. The Balaban J connectivity index is 1.60. The number of rotatable bonds is 6. The quantitative estimate of drug-likeness (QED) is 0.392. The largest absolute Gasteiger partial charge is 0.478 e. The van der Waals surface area contributed by atoms with Crippen molar-refractivity contribution >= 4 is 35.0 Å². The van der Waals surface area contributed by atoms with E-state index < -0.39 is 18.0 Å². The Kier molecular flexibility index (Phi) is 6.33. The van der Waals surface area contributed by atoms with Gasteiger partial charge >= 0.3 is 11.9 Å². The highest BCUT2D eigenvalue weighted by atomic mass is 32.1. The van der Waals surface area contributed by atoms with Crippen LogP contribution in [0.1, 0.15) is 34.6 Å². The molecule has 1 atom stereocenters. The van der Waals surface area contributed by atoms with Gasteiger partial charge in [-0.15, -0.1) is 0 Å². The molecule has 0 radical (unpaired) electrons. The molecule has 38 heavy (non-hydrogen) atoms. The number of anilines is 1. The molecule has 1 unspecified atom stereocenters. The van der Waals surface area contributed by atoms with Crippen LogP contribution >= 0.6 is 11.3 Å². The van der Waals surface area contributed by atoms with E-state index in [0.29, 0.717) is 37.7 Å². The molecule has 2 aromatic heterocycles. The lowest BCUT2D eigenvalue weighted by Crippen LogP contribution is -2.39. The van der Waals surface area contributed by atoms with Crippen molar-refractivity contribution in [3.8, 4) is 11.3 Å².